The average molecular weight is 346 g/mol. The van der Waals surface area contributed by atoms with Crippen LogP contribution in [0.2, 0.25) is 15.1 Å². The van der Waals surface area contributed by atoms with Crippen molar-refractivity contribution in [3.05, 3.63) is 27.2 Å². The van der Waals surface area contributed by atoms with Gasteiger partial charge in [0.25, 0.3) is 0 Å². The Bertz CT molecular complexity index is 330. The van der Waals surface area contributed by atoms with Gasteiger partial charge in [0.05, 0.1) is 16.7 Å². The third kappa shape index (κ3) is 3.99. The van der Waals surface area contributed by atoms with Gasteiger partial charge in [-0.1, -0.05) is 57.7 Å². The average Bonchev–Trinajstić information content (AvgIpc) is 2.22. The molecule has 0 fully saturated rings. The van der Waals surface area contributed by atoms with Crippen LogP contribution in [0.4, 0.5) is 0 Å². The predicted octanol–water partition coefficient (Wildman–Crippen LogP) is 5.45. The van der Waals surface area contributed by atoms with Gasteiger partial charge in [-0.2, -0.15) is 0 Å². The molecule has 0 radical (unpaired) electrons. The monoisotopic (exact) mass is 344 g/mol. The summed E-state index contributed by atoms with van der Waals surface area (Å²) in [5.74, 6) is 0.954. The quantitative estimate of drug-likeness (QED) is 0.645. The number of rotatable bonds is 5. The summed E-state index contributed by atoms with van der Waals surface area (Å²) in [4.78, 5) is 0. The summed E-state index contributed by atoms with van der Waals surface area (Å²) in [6.07, 6.45) is 1.04. The molecule has 1 rings (SSSR count). The zero-order valence-corrected chi connectivity index (χ0v) is 12.6. The van der Waals surface area contributed by atoms with Crippen LogP contribution < -0.4 is 4.74 Å². The van der Waals surface area contributed by atoms with E-state index in [1.807, 2.05) is 0 Å². The minimum Gasteiger partial charge on any atom is -0.490 e. The largest absolute Gasteiger partial charge is 0.490 e. The van der Waals surface area contributed by atoms with Crippen molar-refractivity contribution in [2.75, 3.05) is 11.9 Å². The van der Waals surface area contributed by atoms with E-state index in [9.17, 15) is 0 Å². The number of halogens is 4. The fourth-order valence-corrected chi connectivity index (χ4v) is 2.71. The lowest BCUT2D eigenvalue weighted by Crippen LogP contribution is -2.12. The van der Waals surface area contributed by atoms with E-state index < -0.39 is 0 Å². The van der Waals surface area contributed by atoms with Crippen LogP contribution in [0.1, 0.15) is 13.3 Å². The second-order valence-corrected chi connectivity index (χ2v) is 5.34. The topological polar surface area (TPSA) is 9.23 Å². The van der Waals surface area contributed by atoms with Gasteiger partial charge in [-0.3, -0.25) is 0 Å². The summed E-state index contributed by atoms with van der Waals surface area (Å²) in [7, 11) is 0. The van der Waals surface area contributed by atoms with Gasteiger partial charge in [-0.15, -0.1) is 0 Å². The first-order valence-corrected chi connectivity index (χ1v) is 7.17. The van der Waals surface area contributed by atoms with Gasteiger partial charge in [-0.25, -0.2) is 0 Å². The van der Waals surface area contributed by atoms with Crippen LogP contribution >= 0.6 is 50.7 Å². The van der Waals surface area contributed by atoms with Crippen LogP contribution in [0.25, 0.3) is 0 Å². The summed E-state index contributed by atoms with van der Waals surface area (Å²) < 4.78 is 5.61. The predicted molar refractivity (Wildman–Crippen MR) is 74.5 cm³/mol. The Hall–Kier alpha value is 0.370. The molecule has 0 amide bonds. The molecular weight excluding hydrogens is 334 g/mol. The van der Waals surface area contributed by atoms with E-state index in [2.05, 4.69) is 22.9 Å². The van der Waals surface area contributed by atoms with Gasteiger partial charge < -0.3 is 4.74 Å². The molecule has 1 nitrogen and oxygen atoms in total. The summed E-state index contributed by atoms with van der Waals surface area (Å²) in [6, 6.07) is 3.25. The van der Waals surface area contributed by atoms with Gasteiger partial charge >= 0.3 is 0 Å². The van der Waals surface area contributed by atoms with Crippen molar-refractivity contribution in [1.29, 1.82) is 0 Å². The van der Waals surface area contributed by atoms with E-state index in [-0.39, 0.29) is 0 Å². The van der Waals surface area contributed by atoms with Crippen molar-refractivity contribution in [2.45, 2.75) is 13.3 Å². The van der Waals surface area contributed by atoms with Crippen LogP contribution in [-0.2, 0) is 0 Å². The van der Waals surface area contributed by atoms with Crippen molar-refractivity contribution in [2.24, 2.45) is 5.92 Å². The number of alkyl halides is 1. The van der Waals surface area contributed by atoms with E-state index in [1.165, 1.54) is 0 Å². The lowest BCUT2D eigenvalue weighted by atomic mass is 10.1. The van der Waals surface area contributed by atoms with Crippen molar-refractivity contribution in [3.8, 4) is 5.75 Å². The van der Waals surface area contributed by atoms with Crippen molar-refractivity contribution in [1.82, 2.24) is 0 Å². The zero-order valence-electron chi connectivity index (χ0n) is 8.77. The number of benzene rings is 1. The van der Waals surface area contributed by atoms with Gasteiger partial charge in [0.15, 0.2) is 5.75 Å². The third-order valence-electron chi connectivity index (χ3n) is 2.22. The molecule has 0 aliphatic carbocycles. The summed E-state index contributed by atoms with van der Waals surface area (Å²) in [5, 5.41) is 2.30. The minimum atomic E-state index is 0.446. The van der Waals surface area contributed by atoms with Crippen LogP contribution in [-0.4, -0.2) is 11.9 Å². The van der Waals surface area contributed by atoms with Gasteiger partial charge in [-0.05, 0) is 18.6 Å². The number of hydrogen-bond acceptors (Lipinski definition) is 1. The van der Waals surface area contributed by atoms with E-state index in [0.29, 0.717) is 33.3 Å². The van der Waals surface area contributed by atoms with E-state index in [1.54, 1.807) is 12.1 Å². The van der Waals surface area contributed by atoms with Crippen LogP contribution in [0, 0.1) is 5.92 Å². The molecule has 16 heavy (non-hydrogen) atoms. The molecule has 0 aliphatic heterocycles. The Morgan fingerprint density at radius 1 is 1.25 bits per heavy atom. The van der Waals surface area contributed by atoms with Crippen molar-refractivity contribution < 1.29 is 4.74 Å². The van der Waals surface area contributed by atoms with E-state index in [0.717, 1.165) is 11.8 Å². The number of ether oxygens (including phenoxy) is 1. The molecule has 0 spiro atoms. The highest BCUT2D eigenvalue weighted by Crippen LogP contribution is 2.36. The molecule has 1 aromatic carbocycles. The Morgan fingerprint density at radius 2 is 1.81 bits per heavy atom. The molecule has 0 aromatic heterocycles. The lowest BCUT2D eigenvalue weighted by molar-refractivity contribution is 0.260. The molecule has 1 unspecified atom stereocenters. The van der Waals surface area contributed by atoms with E-state index >= 15 is 0 Å². The molecule has 0 N–H and O–H groups in total. The zero-order chi connectivity index (χ0) is 12.1. The second-order valence-electron chi connectivity index (χ2n) is 3.44. The van der Waals surface area contributed by atoms with Gasteiger partial charge in [0.2, 0.25) is 0 Å². The molecule has 1 atom stereocenters. The Balaban J connectivity index is 2.74. The first-order valence-electron chi connectivity index (χ1n) is 4.91. The third-order valence-corrected chi connectivity index (χ3v) is 3.92. The molecule has 5 heteroatoms. The Kier molecular flexibility index (Phi) is 6.27. The fraction of sp³-hybridized carbons (Fsp3) is 0.455. The van der Waals surface area contributed by atoms with Crippen LogP contribution in [0.3, 0.4) is 0 Å². The first kappa shape index (κ1) is 14.4. The maximum absolute atomic E-state index is 6.00. The Labute approximate surface area is 119 Å². The highest BCUT2D eigenvalue weighted by molar-refractivity contribution is 9.09. The number of hydrogen-bond donors (Lipinski definition) is 0. The maximum Gasteiger partial charge on any atom is 0.156 e. The molecular formula is C11H12BrCl3O. The standard InChI is InChI=1S/C11H12BrCl3O/c1-2-7(5-12)6-16-11-9(14)3-8(13)4-10(11)15/h3-4,7H,2,5-6H2,1H3. The SMILES string of the molecule is CCC(CBr)COc1c(Cl)cc(Cl)cc1Cl. The van der Waals surface area contributed by atoms with Crippen molar-refractivity contribution >= 4 is 50.7 Å². The maximum atomic E-state index is 6.00. The van der Waals surface area contributed by atoms with Gasteiger partial charge in [0.1, 0.15) is 0 Å². The van der Waals surface area contributed by atoms with Crippen LogP contribution in [0.15, 0.2) is 12.1 Å². The highest BCUT2D eigenvalue weighted by atomic mass is 79.9. The molecule has 0 heterocycles. The molecule has 0 aliphatic rings. The van der Waals surface area contributed by atoms with E-state index in [4.69, 9.17) is 39.5 Å². The lowest BCUT2D eigenvalue weighted by Gasteiger charge is -2.15. The molecule has 0 saturated carbocycles. The molecule has 0 bridgehead atoms. The summed E-state index contributed by atoms with van der Waals surface area (Å²) in [5.41, 5.74) is 0. The summed E-state index contributed by atoms with van der Waals surface area (Å²) in [6.45, 7) is 2.70. The van der Waals surface area contributed by atoms with Crippen LogP contribution in [0.5, 0.6) is 5.75 Å². The smallest absolute Gasteiger partial charge is 0.156 e. The van der Waals surface area contributed by atoms with Crippen molar-refractivity contribution in [3.63, 3.8) is 0 Å². The molecule has 0 saturated heterocycles. The summed E-state index contributed by atoms with van der Waals surface area (Å²) >= 11 is 21.2. The Morgan fingerprint density at radius 3 is 2.25 bits per heavy atom. The normalized spacial score (nSPS) is 12.6. The first-order chi connectivity index (χ1) is 7.58. The molecule has 90 valence electrons. The molecule has 1 aromatic rings. The second kappa shape index (κ2) is 6.95. The van der Waals surface area contributed by atoms with Gasteiger partial charge in [0, 0.05) is 16.3 Å². The minimum absolute atomic E-state index is 0.446. The highest BCUT2D eigenvalue weighted by Gasteiger charge is 2.11. The fourth-order valence-electron chi connectivity index (χ4n) is 1.14.